The summed E-state index contributed by atoms with van der Waals surface area (Å²) < 4.78 is 2.36. The summed E-state index contributed by atoms with van der Waals surface area (Å²) in [5.41, 5.74) is 4.30. The second kappa shape index (κ2) is 6.69. The van der Waals surface area contributed by atoms with Crippen molar-refractivity contribution in [3.05, 3.63) is 115 Å². The van der Waals surface area contributed by atoms with Crippen LogP contribution in [-0.4, -0.2) is 4.57 Å². The lowest BCUT2D eigenvalue weighted by Gasteiger charge is -2.12. The summed E-state index contributed by atoms with van der Waals surface area (Å²) in [6.07, 6.45) is 0. The maximum atomic E-state index is 9.24. The molecule has 0 saturated heterocycles. The first-order valence-electron chi connectivity index (χ1n) is 11.1. The summed E-state index contributed by atoms with van der Waals surface area (Å²) >= 11 is 0. The van der Waals surface area contributed by atoms with Crippen molar-refractivity contribution in [3.63, 3.8) is 0 Å². The van der Waals surface area contributed by atoms with E-state index in [1.54, 1.807) is 0 Å². The number of fused-ring (bicyclic) bond motifs is 8. The minimum absolute atomic E-state index is 0.693. The van der Waals surface area contributed by atoms with E-state index in [-0.39, 0.29) is 0 Å². The highest BCUT2D eigenvalue weighted by atomic mass is 15.0. The van der Waals surface area contributed by atoms with E-state index in [0.29, 0.717) is 5.56 Å². The van der Waals surface area contributed by atoms with E-state index in [1.165, 1.54) is 54.4 Å². The molecule has 0 N–H and O–H groups in total. The molecule has 0 aliphatic carbocycles. The van der Waals surface area contributed by atoms with Gasteiger partial charge in [-0.2, -0.15) is 5.26 Å². The Balaban J connectivity index is 1.51. The Kier molecular flexibility index (Phi) is 3.65. The van der Waals surface area contributed by atoms with E-state index in [0.717, 1.165) is 5.39 Å². The smallest absolute Gasteiger partial charge is 0.0991 e. The van der Waals surface area contributed by atoms with Crippen molar-refractivity contribution in [3.8, 4) is 11.8 Å². The van der Waals surface area contributed by atoms with Gasteiger partial charge in [0.1, 0.15) is 0 Å². The van der Waals surface area contributed by atoms with Crippen molar-refractivity contribution in [2.24, 2.45) is 0 Å². The van der Waals surface area contributed by atoms with Crippen LogP contribution in [0.1, 0.15) is 5.56 Å². The summed E-state index contributed by atoms with van der Waals surface area (Å²) in [6, 6.07) is 40.9. The summed E-state index contributed by atoms with van der Waals surface area (Å²) in [5, 5.41) is 19.0. The molecule has 0 amide bonds. The molecular formula is C31H18N2. The summed E-state index contributed by atoms with van der Waals surface area (Å²) in [6.45, 7) is 0. The molecule has 7 aromatic rings. The largest absolute Gasteiger partial charge is 0.309 e. The molecule has 1 heterocycles. The van der Waals surface area contributed by atoms with Gasteiger partial charge in [0.05, 0.1) is 22.7 Å². The topological polar surface area (TPSA) is 28.7 Å². The zero-order chi connectivity index (χ0) is 21.9. The van der Waals surface area contributed by atoms with Crippen LogP contribution in [-0.2, 0) is 0 Å². The summed E-state index contributed by atoms with van der Waals surface area (Å²) in [5.74, 6) is 0. The van der Waals surface area contributed by atoms with Crippen LogP contribution >= 0.6 is 0 Å². The van der Waals surface area contributed by atoms with Crippen LogP contribution in [0.15, 0.2) is 109 Å². The first-order chi connectivity index (χ1) is 16.3. The van der Waals surface area contributed by atoms with Crippen LogP contribution in [0.25, 0.3) is 59.8 Å². The van der Waals surface area contributed by atoms with Gasteiger partial charge in [0.15, 0.2) is 0 Å². The minimum Gasteiger partial charge on any atom is -0.309 e. The van der Waals surface area contributed by atoms with Crippen LogP contribution in [0.4, 0.5) is 0 Å². The third kappa shape index (κ3) is 2.54. The standard InChI is InChI=1S/C31H18N2/c32-19-20-9-13-24-21(17-20)10-14-27-25-16-12-23(18-22(25)11-15-26(24)27)33-30-7-3-1-5-28(30)29-6-2-4-8-31(29)33/h1-18H. The monoisotopic (exact) mass is 418 g/mol. The minimum atomic E-state index is 0.693. The van der Waals surface area contributed by atoms with Gasteiger partial charge in [-0.05, 0) is 68.7 Å². The highest BCUT2D eigenvalue weighted by Crippen LogP contribution is 2.35. The van der Waals surface area contributed by atoms with Crippen LogP contribution in [0.3, 0.4) is 0 Å². The van der Waals surface area contributed by atoms with E-state index >= 15 is 0 Å². The van der Waals surface area contributed by atoms with Crippen LogP contribution < -0.4 is 0 Å². The van der Waals surface area contributed by atoms with Crippen molar-refractivity contribution >= 4 is 54.1 Å². The molecule has 0 aliphatic rings. The molecule has 33 heavy (non-hydrogen) atoms. The number of nitriles is 1. The number of hydrogen-bond acceptors (Lipinski definition) is 1. The zero-order valence-corrected chi connectivity index (χ0v) is 17.8. The van der Waals surface area contributed by atoms with Crippen molar-refractivity contribution in [1.82, 2.24) is 4.57 Å². The summed E-state index contributed by atoms with van der Waals surface area (Å²) in [7, 11) is 0. The van der Waals surface area contributed by atoms with Gasteiger partial charge < -0.3 is 4.57 Å². The van der Waals surface area contributed by atoms with Gasteiger partial charge in [-0.3, -0.25) is 0 Å². The van der Waals surface area contributed by atoms with E-state index in [2.05, 4.69) is 108 Å². The number of benzene rings is 6. The van der Waals surface area contributed by atoms with Crippen LogP contribution in [0.2, 0.25) is 0 Å². The Morgan fingerprint density at radius 1 is 0.485 bits per heavy atom. The number of aromatic nitrogens is 1. The molecule has 1 aromatic heterocycles. The van der Waals surface area contributed by atoms with Crippen LogP contribution in [0.5, 0.6) is 0 Å². The molecule has 2 heteroatoms. The first-order valence-corrected chi connectivity index (χ1v) is 11.1. The lowest BCUT2D eigenvalue weighted by Crippen LogP contribution is -1.93. The summed E-state index contributed by atoms with van der Waals surface area (Å²) in [4.78, 5) is 0. The molecule has 0 radical (unpaired) electrons. The molecule has 0 atom stereocenters. The van der Waals surface area contributed by atoms with Gasteiger partial charge in [0.2, 0.25) is 0 Å². The van der Waals surface area contributed by atoms with Crippen molar-refractivity contribution < 1.29 is 0 Å². The molecule has 7 rings (SSSR count). The molecule has 6 aromatic carbocycles. The second-order valence-electron chi connectivity index (χ2n) is 8.55. The number of nitrogens with zero attached hydrogens (tertiary/aromatic N) is 2. The molecule has 0 aliphatic heterocycles. The molecular weight excluding hydrogens is 400 g/mol. The van der Waals surface area contributed by atoms with Crippen molar-refractivity contribution in [1.29, 1.82) is 5.26 Å². The molecule has 0 saturated carbocycles. The molecule has 0 spiro atoms. The average molecular weight is 418 g/mol. The van der Waals surface area contributed by atoms with Crippen molar-refractivity contribution in [2.75, 3.05) is 0 Å². The maximum absolute atomic E-state index is 9.24. The molecule has 0 bridgehead atoms. The Hall–Kier alpha value is -4.61. The van der Waals surface area contributed by atoms with E-state index < -0.39 is 0 Å². The number of rotatable bonds is 1. The van der Waals surface area contributed by atoms with Crippen LogP contribution in [0, 0.1) is 11.3 Å². The van der Waals surface area contributed by atoms with Gasteiger partial charge >= 0.3 is 0 Å². The van der Waals surface area contributed by atoms with E-state index in [1.807, 2.05) is 12.1 Å². The fourth-order valence-electron chi connectivity index (χ4n) is 5.28. The predicted octanol–water partition coefficient (Wildman–Crippen LogP) is 8.11. The van der Waals surface area contributed by atoms with E-state index in [4.69, 9.17) is 0 Å². The fraction of sp³-hybridized carbons (Fsp3) is 0. The Labute approximate surface area is 190 Å². The second-order valence-corrected chi connectivity index (χ2v) is 8.55. The lowest BCUT2D eigenvalue weighted by molar-refractivity contribution is 1.19. The highest BCUT2D eigenvalue weighted by molar-refractivity contribution is 6.17. The first kappa shape index (κ1) is 18.0. The average Bonchev–Trinajstić information content (AvgIpc) is 3.22. The SMILES string of the molecule is N#Cc1ccc2c(ccc3c4ccc(-n5c6ccccc6c6ccccc65)cc4ccc23)c1. The maximum Gasteiger partial charge on any atom is 0.0991 e. The number of para-hydroxylation sites is 2. The third-order valence-electron chi connectivity index (χ3n) is 6.78. The van der Waals surface area contributed by atoms with E-state index in [9.17, 15) is 5.26 Å². The lowest BCUT2D eigenvalue weighted by atomic mass is 9.96. The molecule has 2 nitrogen and oxygen atoms in total. The third-order valence-corrected chi connectivity index (χ3v) is 6.78. The van der Waals surface area contributed by atoms with Gasteiger partial charge in [-0.25, -0.2) is 0 Å². The quantitative estimate of drug-likeness (QED) is 0.247. The molecule has 152 valence electrons. The predicted molar refractivity (Wildman–Crippen MR) is 138 cm³/mol. The van der Waals surface area contributed by atoms with Crippen molar-refractivity contribution in [2.45, 2.75) is 0 Å². The Morgan fingerprint density at radius 2 is 1.03 bits per heavy atom. The Bertz CT molecular complexity index is 1880. The Morgan fingerprint density at radius 3 is 1.67 bits per heavy atom. The van der Waals surface area contributed by atoms with Gasteiger partial charge in [0.25, 0.3) is 0 Å². The normalized spacial score (nSPS) is 11.6. The molecule has 0 unspecified atom stereocenters. The number of hydrogen-bond donors (Lipinski definition) is 0. The van der Waals surface area contributed by atoms with Gasteiger partial charge in [-0.15, -0.1) is 0 Å². The van der Waals surface area contributed by atoms with Gasteiger partial charge in [0, 0.05) is 16.5 Å². The van der Waals surface area contributed by atoms with Gasteiger partial charge in [-0.1, -0.05) is 72.8 Å². The highest BCUT2D eigenvalue weighted by Gasteiger charge is 2.12. The zero-order valence-electron chi connectivity index (χ0n) is 17.8. The fourth-order valence-corrected chi connectivity index (χ4v) is 5.28. The molecule has 0 fully saturated rings.